The van der Waals surface area contributed by atoms with Crippen LogP contribution in [0.2, 0.25) is 5.02 Å². The van der Waals surface area contributed by atoms with Crippen molar-refractivity contribution in [1.82, 2.24) is 10.3 Å². The predicted octanol–water partition coefficient (Wildman–Crippen LogP) is 4.18. The molecule has 1 atom stereocenters. The number of hydrogen-bond acceptors (Lipinski definition) is 2. The average Bonchev–Trinajstić information content (AvgIpc) is 2.86. The van der Waals surface area contributed by atoms with Crippen LogP contribution < -0.4 is 5.32 Å². The van der Waals surface area contributed by atoms with E-state index >= 15 is 0 Å². The fourth-order valence-corrected chi connectivity index (χ4v) is 3.32. The van der Waals surface area contributed by atoms with Crippen molar-refractivity contribution in [3.63, 3.8) is 0 Å². The number of rotatable bonds is 1. The Balaban J connectivity index is 0.00000144. The quantitative estimate of drug-likeness (QED) is 0.625. The molecule has 0 saturated heterocycles. The Bertz CT molecular complexity index is 811. The lowest BCUT2D eigenvalue weighted by molar-refractivity contribution is 0.474. The van der Waals surface area contributed by atoms with Crippen LogP contribution in [0.5, 0.6) is 5.75 Å². The maximum absolute atomic E-state index is 9.45. The van der Waals surface area contributed by atoms with Gasteiger partial charge in [-0.25, -0.2) is 0 Å². The van der Waals surface area contributed by atoms with Crippen LogP contribution >= 0.6 is 24.0 Å². The van der Waals surface area contributed by atoms with E-state index in [0.29, 0.717) is 5.75 Å². The van der Waals surface area contributed by atoms with Gasteiger partial charge in [-0.3, -0.25) is 0 Å². The minimum Gasteiger partial charge on any atom is -0.508 e. The van der Waals surface area contributed by atoms with Gasteiger partial charge in [0.1, 0.15) is 5.75 Å². The molecule has 0 aliphatic carbocycles. The molecule has 1 aliphatic rings. The van der Waals surface area contributed by atoms with E-state index < -0.39 is 0 Å². The van der Waals surface area contributed by atoms with Crippen molar-refractivity contribution < 1.29 is 5.11 Å². The largest absolute Gasteiger partial charge is 0.508 e. The molecule has 114 valence electrons. The molecule has 0 bridgehead atoms. The number of H-pyrrole nitrogens is 1. The number of phenols is 1. The molecule has 5 heteroatoms. The molecule has 0 radical (unpaired) electrons. The standard InChI is InChI=1S/C17H15ClN2O.ClH/c18-11-3-6-15-14(9-11)13-7-8-19-16(17(13)20-15)10-1-4-12(21)5-2-10;/h1-6,9,16,19-21H,7-8H2;1H. The van der Waals surface area contributed by atoms with Crippen molar-refractivity contribution in [2.75, 3.05) is 6.54 Å². The number of benzene rings is 2. The number of hydrogen-bond donors (Lipinski definition) is 3. The molecule has 1 aliphatic heterocycles. The second-order valence-electron chi connectivity index (χ2n) is 5.44. The molecule has 22 heavy (non-hydrogen) atoms. The molecule has 2 heterocycles. The van der Waals surface area contributed by atoms with Gasteiger partial charge in [0, 0.05) is 28.2 Å². The van der Waals surface area contributed by atoms with Crippen LogP contribution in [0.4, 0.5) is 0 Å². The fourth-order valence-electron chi connectivity index (χ4n) is 3.15. The van der Waals surface area contributed by atoms with Gasteiger partial charge >= 0.3 is 0 Å². The van der Waals surface area contributed by atoms with E-state index in [0.717, 1.165) is 29.1 Å². The Morgan fingerprint density at radius 2 is 1.86 bits per heavy atom. The van der Waals surface area contributed by atoms with Gasteiger partial charge in [-0.1, -0.05) is 23.7 Å². The topological polar surface area (TPSA) is 48.0 Å². The highest BCUT2D eigenvalue weighted by molar-refractivity contribution is 6.31. The van der Waals surface area contributed by atoms with Crippen LogP contribution in [-0.4, -0.2) is 16.6 Å². The summed E-state index contributed by atoms with van der Waals surface area (Å²) in [5.74, 6) is 0.290. The summed E-state index contributed by atoms with van der Waals surface area (Å²) in [6.07, 6.45) is 0.990. The Labute approximate surface area is 139 Å². The first-order valence-electron chi connectivity index (χ1n) is 7.05. The van der Waals surface area contributed by atoms with Gasteiger partial charge in [0.05, 0.1) is 6.04 Å². The minimum atomic E-state index is 0. The SMILES string of the molecule is Cl.Oc1ccc(C2NCCc3c2[nH]c2ccc(Cl)cc32)cc1. The summed E-state index contributed by atoms with van der Waals surface area (Å²) in [4.78, 5) is 3.52. The average molecular weight is 335 g/mol. The number of phenolic OH excluding ortho intramolecular Hbond substituents is 1. The van der Waals surface area contributed by atoms with Crippen LogP contribution in [0, 0.1) is 0 Å². The van der Waals surface area contributed by atoms with E-state index in [1.807, 2.05) is 30.3 Å². The molecule has 3 N–H and O–H groups in total. The molecular formula is C17H16Cl2N2O. The predicted molar refractivity (Wildman–Crippen MR) is 92.2 cm³/mol. The first kappa shape index (κ1) is 15.2. The van der Waals surface area contributed by atoms with Crippen LogP contribution in [0.25, 0.3) is 10.9 Å². The molecule has 1 unspecified atom stereocenters. The zero-order chi connectivity index (χ0) is 14.4. The Morgan fingerprint density at radius 1 is 1.09 bits per heavy atom. The highest BCUT2D eigenvalue weighted by Crippen LogP contribution is 2.34. The van der Waals surface area contributed by atoms with Crippen molar-refractivity contribution >= 4 is 34.9 Å². The second kappa shape index (κ2) is 5.84. The van der Waals surface area contributed by atoms with Gasteiger partial charge in [-0.2, -0.15) is 0 Å². The Hall–Kier alpha value is -1.68. The highest BCUT2D eigenvalue weighted by atomic mass is 35.5. The lowest BCUT2D eigenvalue weighted by atomic mass is 9.94. The van der Waals surface area contributed by atoms with Gasteiger partial charge in [0.2, 0.25) is 0 Å². The van der Waals surface area contributed by atoms with Crippen LogP contribution in [0.1, 0.15) is 22.9 Å². The van der Waals surface area contributed by atoms with E-state index in [1.54, 1.807) is 12.1 Å². The number of aromatic amines is 1. The molecule has 2 aromatic carbocycles. The van der Waals surface area contributed by atoms with Crippen molar-refractivity contribution in [2.45, 2.75) is 12.5 Å². The lowest BCUT2D eigenvalue weighted by Crippen LogP contribution is -2.30. The number of aromatic hydroxyl groups is 1. The third-order valence-corrected chi connectivity index (χ3v) is 4.37. The second-order valence-corrected chi connectivity index (χ2v) is 5.87. The van der Waals surface area contributed by atoms with Gasteiger partial charge in [-0.15, -0.1) is 12.4 Å². The monoisotopic (exact) mass is 334 g/mol. The molecule has 1 aromatic heterocycles. The Morgan fingerprint density at radius 3 is 2.64 bits per heavy atom. The normalized spacial score (nSPS) is 17.0. The van der Waals surface area contributed by atoms with Gasteiger partial charge in [0.25, 0.3) is 0 Å². The first-order chi connectivity index (χ1) is 10.2. The van der Waals surface area contributed by atoms with Gasteiger partial charge in [0.15, 0.2) is 0 Å². The number of nitrogens with one attached hydrogen (secondary N) is 2. The fraction of sp³-hybridized carbons (Fsp3) is 0.176. The smallest absolute Gasteiger partial charge is 0.115 e. The van der Waals surface area contributed by atoms with E-state index in [4.69, 9.17) is 11.6 Å². The molecule has 0 amide bonds. The van der Waals surface area contributed by atoms with E-state index in [-0.39, 0.29) is 18.4 Å². The van der Waals surface area contributed by atoms with E-state index in [9.17, 15) is 5.11 Å². The first-order valence-corrected chi connectivity index (χ1v) is 7.42. The summed E-state index contributed by atoms with van der Waals surface area (Å²) in [6, 6.07) is 13.5. The van der Waals surface area contributed by atoms with Crippen molar-refractivity contribution in [2.24, 2.45) is 0 Å². The van der Waals surface area contributed by atoms with Crippen molar-refractivity contribution in [3.05, 3.63) is 64.3 Å². The molecule has 0 spiro atoms. The third-order valence-electron chi connectivity index (χ3n) is 4.14. The van der Waals surface area contributed by atoms with Gasteiger partial charge in [-0.05, 0) is 47.9 Å². The van der Waals surface area contributed by atoms with Crippen LogP contribution in [0.15, 0.2) is 42.5 Å². The van der Waals surface area contributed by atoms with Gasteiger partial charge < -0.3 is 15.4 Å². The number of aromatic nitrogens is 1. The summed E-state index contributed by atoms with van der Waals surface area (Å²) in [5.41, 5.74) is 4.80. The van der Waals surface area contributed by atoms with Crippen molar-refractivity contribution in [3.8, 4) is 5.75 Å². The zero-order valence-electron chi connectivity index (χ0n) is 11.8. The summed E-state index contributed by atoms with van der Waals surface area (Å²) in [7, 11) is 0. The van der Waals surface area contributed by atoms with E-state index in [2.05, 4.69) is 10.3 Å². The zero-order valence-corrected chi connectivity index (χ0v) is 13.3. The van der Waals surface area contributed by atoms with Crippen molar-refractivity contribution in [1.29, 1.82) is 0 Å². The summed E-state index contributed by atoms with van der Waals surface area (Å²) < 4.78 is 0. The maximum atomic E-state index is 9.45. The van der Waals surface area contributed by atoms with E-state index in [1.165, 1.54) is 16.6 Å². The lowest BCUT2D eigenvalue weighted by Gasteiger charge is -2.24. The number of fused-ring (bicyclic) bond motifs is 3. The van der Waals surface area contributed by atoms with Crippen LogP contribution in [-0.2, 0) is 6.42 Å². The molecule has 3 aromatic rings. The minimum absolute atomic E-state index is 0. The maximum Gasteiger partial charge on any atom is 0.115 e. The molecule has 3 nitrogen and oxygen atoms in total. The molecule has 0 saturated carbocycles. The third kappa shape index (κ3) is 2.45. The highest BCUT2D eigenvalue weighted by Gasteiger charge is 2.25. The number of halogens is 2. The Kier molecular flexibility index (Phi) is 4.04. The molecule has 4 rings (SSSR count). The van der Waals surface area contributed by atoms with Crippen LogP contribution in [0.3, 0.4) is 0 Å². The summed E-state index contributed by atoms with van der Waals surface area (Å²) in [5, 5.41) is 15.0. The molecule has 0 fully saturated rings. The molecular weight excluding hydrogens is 319 g/mol. The summed E-state index contributed by atoms with van der Waals surface area (Å²) in [6.45, 7) is 0.929. The summed E-state index contributed by atoms with van der Waals surface area (Å²) >= 11 is 6.13.